The van der Waals surface area contributed by atoms with Crippen LogP contribution in [0, 0.1) is 35.0 Å². The standard InChI is InChI=1S/C17H28O4/c1-8(2)17(5,9(3)4)16(19)21-13-10-6-11-12(7-10)15(18)20-14(11)13/h8-14,16,19H,6-7H2,1-5H3. The number of carbonyl (C=O) groups is 1. The van der Waals surface area contributed by atoms with Crippen LogP contribution in [-0.2, 0) is 14.3 Å². The third kappa shape index (κ3) is 2.06. The summed E-state index contributed by atoms with van der Waals surface area (Å²) in [7, 11) is 0. The first-order chi connectivity index (χ1) is 9.76. The summed E-state index contributed by atoms with van der Waals surface area (Å²) in [4.78, 5) is 11.8. The van der Waals surface area contributed by atoms with Crippen LogP contribution in [-0.4, -0.2) is 29.6 Å². The highest BCUT2D eigenvalue weighted by atomic mass is 16.6. The fourth-order valence-corrected chi connectivity index (χ4v) is 4.62. The van der Waals surface area contributed by atoms with Crippen LogP contribution in [0.4, 0.5) is 0 Å². The summed E-state index contributed by atoms with van der Waals surface area (Å²) in [5, 5.41) is 10.7. The summed E-state index contributed by atoms with van der Waals surface area (Å²) < 4.78 is 11.6. The molecule has 1 aliphatic heterocycles. The largest absolute Gasteiger partial charge is 0.459 e. The maximum absolute atomic E-state index is 11.8. The molecule has 2 bridgehead atoms. The number of hydrogen-bond donors (Lipinski definition) is 1. The smallest absolute Gasteiger partial charge is 0.309 e. The van der Waals surface area contributed by atoms with Crippen molar-refractivity contribution in [3.05, 3.63) is 0 Å². The summed E-state index contributed by atoms with van der Waals surface area (Å²) in [6, 6.07) is 0. The van der Waals surface area contributed by atoms with E-state index in [2.05, 4.69) is 34.6 Å². The van der Waals surface area contributed by atoms with Crippen LogP contribution in [0.2, 0.25) is 0 Å². The second-order valence-corrected chi connectivity index (χ2v) is 8.03. The van der Waals surface area contributed by atoms with Crippen molar-refractivity contribution in [2.45, 2.75) is 66.0 Å². The monoisotopic (exact) mass is 296 g/mol. The Morgan fingerprint density at radius 2 is 1.86 bits per heavy atom. The molecular weight excluding hydrogens is 268 g/mol. The summed E-state index contributed by atoms with van der Waals surface area (Å²) in [6.45, 7) is 10.6. The maximum atomic E-state index is 11.8. The summed E-state index contributed by atoms with van der Waals surface area (Å²) in [5.41, 5.74) is -0.302. The molecule has 4 heteroatoms. The van der Waals surface area contributed by atoms with Crippen LogP contribution >= 0.6 is 0 Å². The topological polar surface area (TPSA) is 55.8 Å². The van der Waals surface area contributed by atoms with E-state index in [0.717, 1.165) is 12.8 Å². The van der Waals surface area contributed by atoms with Gasteiger partial charge in [0.25, 0.3) is 0 Å². The van der Waals surface area contributed by atoms with Gasteiger partial charge in [-0.05, 0) is 30.6 Å². The van der Waals surface area contributed by atoms with E-state index >= 15 is 0 Å². The van der Waals surface area contributed by atoms with Gasteiger partial charge in [0.1, 0.15) is 12.2 Å². The zero-order valence-electron chi connectivity index (χ0n) is 13.7. The van der Waals surface area contributed by atoms with E-state index in [1.165, 1.54) is 0 Å². The van der Waals surface area contributed by atoms with E-state index in [9.17, 15) is 9.90 Å². The summed E-state index contributed by atoms with van der Waals surface area (Å²) in [5.74, 6) is 1.36. The molecule has 120 valence electrons. The normalized spacial score (nSPS) is 39.4. The Morgan fingerprint density at radius 3 is 2.43 bits per heavy atom. The van der Waals surface area contributed by atoms with Gasteiger partial charge in [0.05, 0.1) is 5.92 Å². The van der Waals surface area contributed by atoms with Crippen LogP contribution in [0.25, 0.3) is 0 Å². The van der Waals surface area contributed by atoms with Crippen LogP contribution < -0.4 is 0 Å². The van der Waals surface area contributed by atoms with Gasteiger partial charge in [0.2, 0.25) is 0 Å². The highest BCUT2D eigenvalue weighted by Crippen LogP contribution is 2.56. The average Bonchev–Trinajstić information content (AvgIpc) is 3.01. The van der Waals surface area contributed by atoms with E-state index < -0.39 is 6.29 Å². The molecule has 0 amide bonds. The van der Waals surface area contributed by atoms with Crippen LogP contribution in [0.15, 0.2) is 0 Å². The molecule has 3 rings (SSSR count). The number of rotatable bonds is 5. The molecule has 1 heterocycles. The lowest BCUT2D eigenvalue weighted by atomic mass is 9.70. The predicted octanol–water partition coefficient (Wildman–Crippen LogP) is 2.59. The van der Waals surface area contributed by atoms with E-state index in [-0.39, 0.29) is 29.5 Å². The van der Waals surface area contributed by atoms with Gasteiger partial charge in [-0.1, -0.05) is 34.6 Å². The molecule has 2 aliphatic carbocycles. The van der Waals surface area contributed by atoms with Crippen molar-refractivity contribution in [3.8, 4) is 0 Å². The Bertz CT molecular complexity index is 423. The van der Waals surface area contributed by atoms with E-state index in [1.807, 2.05) is 0 Å². The molecule has 1 N–H and O–H groups in total. The number of aliphatic hydroxyl groups excluding tert-OH is 1. The molecule has 0 aromatic heterocycles. The molecular formula is C17H28O4. The number of hydrogen-bond acceptors (Lipinski definition) is 4. The molecule has 3 aliphatic rings. The first-order valence-corrected chi connectivity index (χ1v) is 8.30. The van der Waals surface area contributed by atoms with Gasteiger partial charge in [-0.25, -0.2) is 0 Å². The van der Waals surface area contributed by atoms with Gasteiger partial charge in [-0.3, -0.25) is 4.79 Å². The first kappa shape index (κ1) is 15.3. The van der Waals surface area contributed by atoms with Crippen molar-refractivity contribution >= 4 is 5.97 Å². The molecule has 3 fully saturated rings. The van der Waals surface area contributed by atoms with Gasteiger partial charge in [-0.2, -0.15) is 0 Å². The minimum Gasteiger partial charge on any atom is -0.459 e. The SMILES string of the molecule is CC(C)C(C)(C(C)C)C(O)OC1C2CC3C(=O)OC1C3C2. The Hall–Kier alpha value is -0.610. The maximum Gasteiger partial charge on any atom is 0.309 e. The fraction of sp³-hybridized carbons (Fsp3) is 0.941. The zero-order chi connectivity index (χ0) is 15.5. The van der Waals surface area contributed by atoms with E-state index in [0.29, 0.717) is 23.7 Å². The van der Waals surface area contributed by atoms with E-state index in [4.69, 9.17) is 9.47 Å². The minimum absolute atomic E-state index is 0.0522. The van der Waals surface area contributed by atoms with Crippen LogP contribution in [0.3, 0.4) is 0 Å². The lowest BCUT2D eigenvalue weighted by Crippen LogP contribution is -2.47. The first-order valence-electron chi connectivity index (χ1n) is 8.30. The molecule has 0 aromatic carbocycles. The van der Waals surface area contributed by atoms with Crippen molar-refractivity contribution in [1.82, 2.24) is 0 Å². The van der Waals surface area contributed by atoms with Crippen molar-refractivity contribution in [2.75, 3.05) is 0 Å². The molecule has 6 atom stereocenters. The van der Waals surface area contributed by atoms with Gasteiger partial charge in [0.15, 0.2) is 6.29 Å². The summed E-state index contributed by atoms with van der Waals surface area (Å²) in [6.07, 6.45) is 0.819. The van der Waals surface area contributed by atoms with Gasteiger partial charge < -0.3 is 14.6 Å². The van der Waals surface area contributed by atoms with E-state index in [1.54, 1.807) is 0 Å². The Balaban J connectivity index is 1.74. The molecule has 0 radical (unpaired) electrons. The Morgan fingerprint density at radius 1 is 1.24 bits per heavy atom. The van der Waals surface area contributed by atoms with Crippen molar-refractivity contribution < 1.29 is 19.4 Å². The number of carbonyl (C=O) groups excluding carboxylic acids is 1. The second kappa shape index (κ2) is 4.95. The summed E-state index contributed by atoms with van der Waals surface area (Å²) >= 11 is 0. The number of aliphatic hydroxyl groups is 1. The molecule has 1 saturated heterocycles. The lowest BCUT2D eigenvalue weighted by Gasteiger charge is -2.43. The van der Waals surface area contributed by atoms with Crippen LogP contribution in [0.1, 0.15) is 47.5 Å². The van der Waals surface area contributed by atoms with Crippen LogP contribution in [0.5, 0.6) is 0 Å². The molecule has 0 aromatic rings. The van der Waals surface area contributed by atoms with Gasteiger partial charge in [0, 0.05) is 11.3 Å². The third-order valence-electron chi connectivity index (χ3n) is 6.72. The molecule has 0 spiro atoms. The molecule has 21 heavy (non-hydrogen) atoms. The number of fused-ring (bicyclic) bond motifs is 1. The zero-order valence-corrected chi connectivity index (χ0v) is 13.7. The lowest BCUT2D eigenvalue weighted by molar-refractivity contribution is -0.241. The van der Waals surface area contributed by atoms with Crippen molar-refractivity contribution in [2.24, 2.45) is 35.0 Å². The fourth-order valence-electron chi connectivity index (χ4n) is 4.62. The quantitative estimate of drug-likeness (QED) is 0.626. The number of esters is 1. The number of ether oxygens (including phenoxy) is 2. The van der Waals surface area contributed by atoms with Crippen molar-refractivity contribution in [3.63, 3.8) is 0 Å². The molecule has 6 unspecified atom stereocenters. The highest BCUT2D eigenvalue weighted by molar-refractivity contribution is 5.76. The van der Waals surface area contributed by atoms with Crippen molar-refractivity contribution in [1.29, 1.82) is 0 Å². The third-order valence-corrected chi connectivity index (χ3v) is 6.72. The second-order valence-electron chi connectivity index (χ2n) is 8.03. The minimum atomic E-state index is -0.820. The Kier molecular flexibility index (Phi) is 3.61. The van der Waals surface area contributed by atoms with Gasteiger partial charge >= 0.3 is 5.97 Å². The molecule has 4 nitrogen and oxygen atoms in total. The van der Waals surface area contributed by atoms with Gasteiger partial charge in [-0.15, -0.1) is 0 Å². The highest BCUT2D eigenvalue weighted by Gasteiger charge is 2.63. The average molecular weight is 296 g/mol. The molecule has 2 saturated carbocycles. The predicted molar refractivity (Wildman–Crippen MR) is 78.2 cm³/mol. The Labute approximate surface area is 127 Å².